The predicted octanol–water partition coefficient (Wildman–Crippen LogP) is 4.51. The topological polar surface area (TPSA) is 37.3 Å². The van der Waals surface area contributed by atoms with E-state index in [1.807, 2.05) is 24.3 Å². The van der Waals surface area contributed by atoms with E-state index in [2.05, 4.69) is 87.2 Å². The van der Waals surface area contributed by atoms with Crippen LogP contribution in [0.1, 0.15) is 48.3 Å². The van der Waals surface area contributed by atoms with Gasteiger partial charge in [0.05, 0.1) is 6.04 Å². The zero-order valence-electron chi connectivity index (χ0n) is 17.8. The lowest BCUT2D eigenvalue weighted by Gasteiger charge is -2.24. The molecule has 2 aromatic carbocycles. The highest BCUT2D eigenvalue weighted by molar-refractivity contribution is 5.94. The van der Waals surface area contributed by atoms with Crippen LogP contribution < -0.4 is 5.32 Å². The zero-order valence-corrected chi connectivity index (χ0v) is 17.8. The van der Waals surface area contributed by atoms with Crippen molar-refractivity contribution >= 4 is 16.8 Å². The first-order chi connectivity index (χ1) is 13.2. The maximum Gasteiger partial charge on any atom is 0.251 e. The number of rotatable bonds is 5. The van der Waals surface area contributed by atoms with E-state index in [4.69, 9.17) is 0 Å². The van der Waals surface area contributed by atoms with Gasteiger partial charge in [0.15, 0.2) is 0 Å². The number of fused-ring (bicyclic) bond motifs is 1. The number of benzene rings is 2. The number of hydrogen-bond donors (Lipinski definition) is 1. The van der Waals surface area contributed by atoms with Gasteiger partial charge in [-0.25, -0.2) is 0 Å². The van der Waals surface area contributed by atoms with Gasteiger partial charge in [-0.05, 0) is 48.8 Å². The summed E-state index contributed by atoms with van der Waals surface area (Å²) in [5.74, 6) is -0.0347. The molecule has 1 N–H and O–H groups in total. The Hall–Kier alpha value is -2.59. The van der Waals surface area contributed by atoms with Crippen molar-refractivity contribution in [2.45, 2.75) is 32.2 Å². The second-order valence-corrected chi connectivity index (χ2v) is 8.73. The first-order valence-electron chi connectivity index (χ1n) is 9.77. The molecule has 3 rings (SSSR count). The van der Waals surface area contributed by atoms with Crippen LogP contribution in [0, 0.1) is 0 Å². The molecule has 3 aromatic rings. The highest BCUT2D eigenvalue weighted by atomic mass is 16.1. The Bertz CT molecular complexity index is 962. The van der Waals surface area contributed by atoms with Gasteiger partial charge in [-0.1, -0.05) is 51.1 Å². The molecule has 0 saturated carbocycles. The number of nitrogens with one attached hydrogen (secondary N) is 1. The summed E-state index contributed by atoms with van der Waals surface area (Å²) in [6.07, 6.45) is 2.17. The number of likely N-dealkylation sites (N-methyl/N-ethyl adjacent to an activating group) is 1. The van der Waals surface area contributed by atoms with Crippen molar-refractivity contribution in [3.05, 3.63) is 71.4 Å². The molecule has 1 heterocycles. The zero-order chi connectivity index (χ0) is 20.5. The van der Waals surface area contributed by atoms with Crippen molar-refractivity contribution in [1.82, 2.24) is 14.8 Å². The third-order valence-corrected chi connectivity index (χ3v) is 5.38. The Morgan fingerprint density at radius 3 is 2.32 bits per heavy atom. The van der Waals surface area contributed by atoms with E-state index in [1.54, 1.807) is 0 Å². The molecular formula is C24H31N3O. The van der Waals surface area contributed by atoms with Crippen molar-refractivity contribution in [3.8, 4) is 0 Å². The average Bonchev–Trinajstić information content (AvgIpc) is 2.98. The van der Waals surface area contributed by atoms with Gasteiger partial charge in [0.25, 0.3) is 5.91 Å². The first-order valence-corrected chi connectivity index (χ1v) is 9.77. The van der Waals surface area contributed by atoms with E-state index in [0.717, 1.165) is 0 Å². The molecule has 0 aliphatic carbocycles. The standard InChI is InChI=1S/C24H31N3O/c1-24(2,3)18-13-11-17(12-14-18)23(28)25-15-22(26(4)5)20-16-27(6)21-10-8-7-9-19(20)21/h7-14,16,22H,15H2,1-6H3,(H,25,28). The molecule has 1 atom stereocenters. The van der Waals surface area contributed by atoms with Crippen LogP contribution in [0.3, 0.4) is 0 Å². The molecular weight excluding hydrogens is 346 g/mol. The van der Waals surface area contributed by atoms with Crippen molar-refractivity contribution in [2.75, 3.05) is 20.6 Å². The molecule has 1 unspecified atom stereocenters. The fraction of sp³-hybridized carbons (Fsp3) is 0.375. The van der Waals surface area contributed by atoms with E-state index < -0.39 is 0 Å². The minimum atomic E-state index is -0.0347. The third kappa shape index (κ3) is 4.12. The second kappa shape index (κ2) is 7.80. The number of nitrogens with zero attached hydrogens (tertiary/aromatic N) is 2. The van der Waals surface area contributed by atoms with Gasteiger partial charge in [-0.15, -0.1) is 0 Å². The monoisotopic (exact) mass is 377 g/mol. The maximum atomic E-state index is 12.7. The van der Waals surface area contributed by atoms with Gasteiger partial charge in [0.2, 0.25) is 0 Å². The van der Waals surface area contributed by atoms with Gasteiger partial charge < -0.3 is 14.8 Å². The van der Waals surface area contributed by atoms with Crippen LogP contribution in [0.15, 0.2) is 54.7 Å². The number of carbonyl (C=O) groups is 1. The predicted molar refractivity (Wildman–Crippen MR) is 117 cm³/mol. The fourth-order valence-electron chi connectivity index (χ4n) is 3.62. The van der Waals surface area contributed by atoms with Crippen LogP contribution in [0.4, 0.5) is 0 Å². The van der Waals surface area contributed by atoms with E-state index in [1.165, 1.54) is 22.0 Å². The molecule has 0 bridgehead atoms. The van der Waals surface area contributed by atoms with Gasteiger partial charge in [0, 0.05) is 36.3 Å². The Balaban J connectivity index is 1.77. The number of hydrogen-bond acceptors (Lipinski definition) is 2. The third-order valence-electron chi connectivity index (χ3n) is 5.38. The van der Waals surface area contributed by atoms with Crippen LogP contribution in [-0.2, 0) is 12.5 Å². The van der Waals surface area contributed by atoms with Crippen molar-refractivity contribution in [1.29, 1.82) is 0 Å². The van der Waals surface area contributed by atoms with Crippen molar-refractivity contribution in [3.63, 3.8) is 0 Å². The Labute approximate surface area is 168 Å². The molecule has 1 aromatic heterocycles. The van der Waals surface area contributed by atoms with E-state index in [0.29, 0.717) is 12.1 Å². The summed E-state index contributed by atoms with van der Waals surface area (Å²) in [7, 11) is 6.17. The summed E-state index contributed by atoms with van der Waals surface area (Å²) in [5, 5.41) is 4.35. The molecule has 0 fully saturated rings. The van der Waals surface area contributed by atoms with E-state index in [9.17, 15) is 4.79 Å². The largest absolute Gasteiger partial charge is 0.350 e. The SMILES string of the molecule is CN(C)C(CNC(=O)c1ccc(C(C)(C)C)cc1)c1cn(C)c2ccccc12. The number of aryl methyl sites for hydroxylation is 1. The quantitative estimate of drug-likeness (QED) is 0.710. The average molecular weight is 378 g/mol. The fourth-order valence-corrected chi connectivity index (χ4v) is 3.62. The van der Waals surface area contributed by atoms with Gasteiger partial charge in [0.1, 0.15) is 0 Å². The first kappa shape index (κ1) is 20.2. The molecule has 0 aliphatic heterocycles. The van der Waals surface area contributed by atoms with E-state index >= 15 is 0 Å². The van der Waals surface area contributed by atoms with Gasteiger partial charge in [-0.3, -0.25) is 4.79 Å². The van der Waals surface area contributed by atoms with Crippen LogP contribution in [0.25, 0.3) is 10.9 Å². The highest BCUT2D eigenvalue weighted by Crippen LogP contribution is 2.28. The minimum Gasteiger partial charge on any atom is -0.350 e. The van der Waals surface area contributed by atoms with Gasteiger partial charge in [-0.2, -0.15) is 0 Å². The van der Waals surface area contributed by atoms with Crippen molar-refractivity contribution in [2.24, 2.45) is 7.05 Å². The smallest absolute Gasteiger partial charge is 0.251 e. The lowest BCUT2D eigenvalue weighted by atomic mass is 9.87. The summed E-state index contributed by atoms with van der Waals surface area (Å²) in [6, 6.07) is 16.4. The van der Waals surface area contributed by atoms with Crippen LogP contribution in [-0.4, -0.2) is 36.0 Å². The summed E-state index contributed by atoms with van der Waals surface area (Å²) in [4.78, 5) is 14.9. The number of para-hydroxylation sites is 1. The molecule has 0 radical (unpaired) electrons. The number of aromatic nitrogens is 1. The summed E-state index contributed by atoms with van der Waals surface area (Å²) < 4.78 is 2.15. The summed E-state index contributed by atoms with van der Waals surface area (Å²) in [6.45, 7) is 7.08. The molecule has 0 saturated heterocycles. The Morgan fingerprint density at radius 2 is 1.71 bits per heavy atom. The molecule has 0 spiro atoms. The maximum absolute atomic E-state index is 12.7. The van der Waals surface area contributed by atoms with Crippen molar-refractivity contribution < 1.29 is 4.79 Å². The van der Waals surface area contributed by atoms with Crippen LogP contribution >= 0.6 is 0 Å². The number of carbonyl (C=O) groups excluding carboxylic acids is 1. The molecule has 28 heavy (non-hydrogen) atoms. The minimum absolute atomic E-state index is 0.0347. The lowest BCUT2D eigenvalue weighted by Crippen LogP contribution is -2.34. The summed E-state index contributed by atoms with van der Waals surface area (Å²) in [5.41, 5.74) is 4.44. The highest BCUT2D eigenvalue weighted by Gasteiger charge is 2.20. The Kier molecular flexibility index (Phi) is 5.61. The lowest BCUT2D eigenvalue weighted by molar-refractivity contribution is 0.0942. The van der Waals surface area contributed by atoms with Gasteiger partial charge >= 0.3 is 0 Å². The molecule has 0 aliphatic rings. The molecule has 1 amide bonds. The molecule has 4 heteroatoms. The number of amides is 1. The molecule has 4 nitrogen and oxygen atoms in total. The second-order valence-electron chi connectivity index (χ2n) is 8.73. The summed E-state index contributed by atoms with van der Waals surface area (Å²) >= 11 is 0. The van der Waals surface area contributed by atoms with Crippen LogP contribution in [0.2, 0.25) is 0 Å². The van der Waals surface area contributed by atoms with Crippen LogP contribution in [0.5, 0.6) is 0 Å². The molecule has 148 valence electrons. The Morgan fingerprint density at radius 1 is 1.07 bits per heavy atom. The van der Waals surface area contributed by atoms with E-state index in [-0.39, 0.29) is 17.4 Å². The normalized spacial score (nSPS) is 13.1.